The highest BCUT2D eigenvalue weighted by molar-refractivity contribution is 14.1. The van der Waals surface area contributed by atoms with Crippen molar-refractivity contribution in [3.8, 4) is 0 Å². The van der Waals surface area contributed by atoms with Crippen LogP contribution in [0.15, 0.2) is 30.4 Å². The minimum atomic E-state index is 0.969. The number of benzene rings is 1. The van der Waals surface area contributed by atoms with E-state index in [4.69, 9.17) is 0 Å². The van der Waals surface area contributed by atoms with Gasteiger partial charge in [-0.3, -0.25) is 0 Å². The molecule has 0 atom stereocenters. The van der Waals surface area contributed by atoms with Crippen molar-refractivity contribution >= 4 is 28.3 Å². The van der Waals surface area contributed by atoms with E-state index in [-0.39, 0.29) is 0 Å². The highest BCUT2D eigenvalue weighted by atomic mass is 127. The molecule has 0 fully saturated rings. The summed E-state index contributed by atoms with van der Waals surface area (Å²) in [5.41, 5.74) is 3.76. The van der Waals surface area contributed by atoms with Gasteiger partial charge in [0, 0.05) is 15.8 Å². The number of hydrogen-bond donors (Lipinski definition) is 1. The Kier molecular flexibility index (Phi) is 4.45. The fourth-order valence-corrected chi connectivity index (χ4v) is 1.69. The second-order valence-corrected chi connectivity index (χ2v) is 4.84. The number of aryl methyl sites for hydroxylation is 1. The molecular formula is C12H16IN. The van der Waals surface area contributed by atoms with E-state index >= 15 is 0 Å². The summed E-state index contributed by atoms with van der Waals surface area (Å²) >= 11 is 2.33. The van der Waals surface area contributed by atoms with Crippen molar-refractivity contribution in [2.24, 2.45) is 0 Å². The summed E-state index contributed by atoms with van der Waals surface area (Å²) in [5, 5.41) is 3.42. The molecule has 0 spiro atoms. The molecule has 0 aliphatic heterocycles. The molecule has 0 saturated heterocycles. The Bertz CT molecular complexity index is 331. The smallest absolute Gasteiger partial charge is 0.0380 e. The first-order valence-electron chi connectivity index (χ1n) is 4.74. The van der Waals surface area contributed by atoms with Crippen molar-refractivity contribution in [1.29, 1.82) is 0 Å². The molecule has 0 radical (unpaired) electrons. The Morgan fingerprint density at radius 1 is 1.50 bits per heavy atom. The summed E-state index contributed by atoms with van der Waals surface area (Å²) < 4.78 is 1.27. The molecule has 0 aliphatic carbocycles. The van der Waals surface area contributed by atoms with E-state index in [0.717, 1.165) is 13.0 Å². The number of rotatable bonds is 4. The van der Waals surface area contributed by atoms with Crippen LogP contribution in [-0.2, 0) is 0 Å². The average Bonchev–Trinajstić information content (AvgIpc) is 2.10. The van der Waals surface area contributed by atoms with Crippen LogP contribution in [0.4, 0.5) is 5.69 Å². The fourth-order valence-electron chi connectivity index (χ4n) is 1.20. The first kappa shape index (κ1) is 11.6. The van der Waals surface area contributed by atoms with E-state index in [0.29, 0.717) is 0 Å². The molecule has 2 heteroatoms. The molecule has 0 aliphatic rings. The van der Waals surface area contributed by atoms with Gasteiger partial charge < -0.3 is 5.32 Å². The quantitative estimate of drug-likeness (QED) is 0.655. The zero-order valence-corrected chi connectivity index (χ0v) is 10.9. The number of nitrogens with one attached hydrogen (secondary N) is 1. The van der Waals surface area contributed by atoms with Gasteiger partial charge in [0.05, 0.1) is 0 Å². The van der Waals surface area contributed by atoms with Crippen LogP contribution < -0.4 is 5.32 Å². The minimum absolute atomic E-state index is 0.969. The molecular weight excluding hydrogens is 285 g/mol. The highest BCUT2D eigenvalue weighted by Gasteiger charge is 1.97. The van der Waals surface area contributed by atoms with Gasteiger partial charge in [-0.2, -0.15) is 0 Å². The van der Waals surface area contributed by atoms with Crippen LogP contribution in [0.1, 0.15) is 18.9 Å². The Morgan fingerprint density at radius 2 is 2.21 bits per heavy atom. The molecule has 1 rings (SSSR count). The van der Waals surface area contributed by atoms with E-state index in [1.54, 1.807) is 0 Å². The third-order valence-electron chi connectivity index (χ3n) is 2.07. The van der Waals surface area contributed by atoms with Gasteiger partial charge in [0.15, 0.2) is 0 Å². The van der Waals surface area contributed by atoms with Crippen LogP contribution in [0.25, 0.3) is 0 Å². The summed E-state index contributed by atoms with van der Waals surface area (Å²) in [6.45, 7) is 9.04. The van der Waals surface area contributed by atoms with Gasteiger partial charge in [0.25, 0.3) is 0 Å². The second kappa shape index (κ2) is 5.39. The third kappa shape index (κ3) is 3.70. The maximum atomic E-state index is 3.88. The number of anilines is 1. The average molecular weight is 301 g/mol. The summed E-state index contributed by atoms with van der Waals surface area (Å²) in [7, 11) is 0. The van der Waals surface area contributed by atoms with Gasteiger partial charge in [-0.1, -0.05) is 11.6 Å². The largest absolute Gasteiger partial charge is 0.384 e. The molecule has 1 nitrogen and oxygen atoms in total. The lowest BCUT2D eigenvalue weighted by atomic mass is 10.2. The first-order valence-corrected chi connectivity index (χ1v) is 5.82. The van der Waals surface area contributed by atoms with Crippen molar-refractivity contribution in [2.75, 3.05) is 11.9 Å². The lowest BCUT2D eigenvalue weighted by Gasteiger charge is -2.09. The Morgan fingerprint density at radius 3 is 2.86 bits per heavy atom. The van der Waals surface area contributed by atoms with E-state index in [1.807, 2.05) is 0 Å². The van der Waals surface area contributed by atoms with Crippen LogP contribution in [0.5, 0.6) is 0 Å². The normalized spacial score (nSPS) is 9.93. The Balaban J connectivity index is 2.57. The van der Waals surface area contributed by atoms with E-state index < -0.39 is 0 Å². The van der Waals surface area contributed by atoms with E-state index in [9.17, 15) is 0 Å². The first-order chi connectivity index (χ1) is 6.59. The molecule has 1 aromatic carbocycles. The van der Waals surface area contributed by atoms with E-state index in [1.165, 1.54) is 20.4 Å². The Hall–Kier alpha value is -0.510. The van der Waals surface area contributed by atoms with Crippen LogP contribution in [0, 0.1) is 10.5 Å². The predicted molar refractivity (Wildman–Crippen MR) is 71.8 cm³/mol. The van der Waals surface area contributed by atoms with Gasteiger partial charge >= 0.3 is 0 Å². The molecule has 1 aromatic rings. The van der Waals surface area contributed by atoms with Crippen LogP contribution >= 0.6 is 22.6 Å². The lowest BCUT2D eigenvalue weighted by Crippen LogP contribution is -2.03. The topological polar surface area (TPSA) is 12.0 Å². The molecule has 14 heavy (non-hydrogen) atoms. The summed E-state index contributed by atoms with van der Waals surface area (Å²) in [6, 6.07) is 6.44. The zero-order valence-electron chi connectivity index (χ0n) is 8.73. The number of halogens is 1. The molecule has 0 amide bonds. The number of hydrogen-bond acceptors (Lipinski definition) is 1. The molecule has 1 N–H and O–H groups in total. The van der Waals surface area contributed by atoms with Crippen LogP contribution in [-0.4, -0.2) is 6.54 Å². The van der Waals surface area contributed by atoms with Gasteiger partial charge in [-0.15, -0.1) is 6.58 Å². The molecule has 0 unspecified atom stereocenters. The van der Waals surface area contributed by atoms with Crippen LogP contribution in [0.3, 0.4) is 0 Å². The van der Waals surface area contributed by atoms with Crippen molar-refractivity contribution in [2.45, 2.75) is 20.3 Å². The molecule has 0 aromatic heterocycles. The van der Waals surface area contributed by atoms with Gasteiger partial charge in [-0.05, 0) is 60.6 Å². The monoisotopic (exact) mass is 301 g/mol. The Labute approximate surface area is 99.7 Å². The maximum absolute atomic E-state index is 3.88. The molecule has 0 saturated carbocycles. The van der Waals surface area contributed by atoms with Crippen molar-refractivity contribution in [3.63, 3.8) is 0 Å². The molecule has 0 bridgehead atoms. The van der Waals surface area contributed by atoms with Gasteiger partial charge in [-0.25, -0.2) is 0 Å². The minimum Gasteiger partial charge on any atom is -0.384 e. The standard InChI is InChI=1S/C12H16IN/c1-9(2)6-7-14-12-8-11(13)5-4-10(12)3/h4-5,8,14H,1,6-7H2,2-3H3. The van der Waals surface area contributed by atoms with Gasteiger partial charge in [0.2, 0.25) is 0 Å². The van der Waals surface area contributed by atoms with Crippen molar-refractivity contribution in [3.05, 3.63) is 39.5 Å². The summed E-state index contributed by atoms with van der Waals surface area (Å²) in [5.74, 6) is 0. The SMILES string of the molecule is C=C(C)CCNc1cc(I)ccc1C. The lowest BCUT2D eigenvalue weighted by molar-refractivity contribution is 1.000. The van der Waals surface area contributed by atoms with Crippen molar-refractivity contribution < 1.29 is 0 Å². The van der Waals surface area contributed by atoms with Gasteiger partial charge in [0.1, 0.15) is 0 Å². The fraction of sp³-hybridized carbons (Fsp3) is 0.333. The summed E-state index contributed by atoms with van der Waals surface area (Å²) in [4.78, 5) is 0. The zero-order chi connectivity index (χ0) is 10.6. The molecule has 76 valence electrons. The summed E-state index contributed by atoms with van der Waals surface area (Å²) in [6.07, 6.45) is 1.03. The van der Waals surface area contributed by atoms with Crippen molar-refractivity contribution in [1.82, 2.24) is 0 Å². The van der Waals surface area contributed by atoms with E-state index in [2.05, 4.69) is 66.5 Å². The van der Waals surface area contributed by atoms with Crippen LogP contribution in [0.2, 0.25) is 0 Å². The highest BCUT2D eigenvalue weighted by Crippen LogP contribution is 2.18. The third-order valence-corrected chi connectivity index (χ3v) is 2.74. The maximum Gasteiger partial charge on any atom is 0.0380 e. The predicted octanol–water partition coefficient (Wildman–Crippen LogP) is 3.98. The second-order valence-electron chi connectivity index (χ2n) is 3.59. The molecule has 0 heterocycles.